The summed E-state index contributed by atoms with van der Waals surface area (Å²) in [4.78, 5) is 6.54. The number of nitrogens with zero attached hydrogens (tertiary/aromatic N) is 3. The molecule has 2 heterocycles. The Hall–Kier alpha value is -0.880. The van der Waals surface area contributed by atoms with E-state index in [2.05, 4.69) is 14.7 Å². The van der Waals surface area contributed by atoms with Crippen LogP contribution in [0.25, 0.3) is 0 Å². The first kappa shape index (κ1) is 13.8. The number of fused-ring (bicyclic) bond motifs is 1. The Bertz CT molecular complexity index is 495. The van der Waals surface area contributed by atoms with Crippen LogP contribution in [0.4, 0.5) is 11.1 Å². The molecule has 21 heavy (non-hydrogen) atoms. The fourth-order valence-corrected chi connectivity index (χ4v) is 5.14. The van der Waals surface area contributed by atoms with Crippen LogP contribution in [0.5, 0.6) is 0 Å². The monoisotopic (exact) mass is 308 g/mol. The van der Waals surface area contributed by atoms with Crippen molar-refractivity contribution in [3.63, 3.8) is 0 Å². The van der Waals surface area contributed by atoms with Gasteiger partial charge in [-0.3, -0.25) is 0 Å². The largest absolute Gasteiger partial charge is 0.377 e. The van der Waals surface area contributed by atoms with Crippen LogP contribution < -0.4 is 10.2 Å². The van der Waals surface area contributed by atoms with Gasteiger partial charge in [0.2, 0.25) is 11.1 Å². The Kier molecular flexibility index (Phi) is 3.53. The maximum absolute atomic E-state index is 6.01. The van der Waals surface area contributed by atoms with Gasteiger partial charge in [-0.25, -0.2) is 0 Å². The molecule has 6 heteroatoms. The van der Waals surface area contributed by atoms with Gasteiger partial charge in [0, 0.05) is 50.1 Å². The SMILES string of the molecule is CN(C)c1nsc(N[C@H]2[C@@H]3CCO[C@@H]3[C@@H]2C2CCCC2)n1. The highest BCUT2D eigenvalue weighted by Gasteiger charge is 2.56. The van der Waals surface area contributed by atoms with Gasteiger partial charge in [-0.15, -0.1) is 0 Å². The van der Waals surface area contributed by atoms with Crippen molar-refractivity contribution in [1.82, 2.24) is 9.36 Å². The molecule has 1 aromatic rings. The summed E-state index contributed by atoms with van der Waals surface area (Å²) in [5, 5.41) is 4.66. The summed E-state index contributed by atoms with van der Waals surface area (Å²) in [5.74, 6) is 3.02. The highest BCUT2D eigenvalue weighted by Crippen LogP contribution is 2.52. The number of aromatic nitrogens is 2. The van der Waals surface area contributed by atoms with Crippen LogP contribution in [0.1, 0.15) is 32.1 Å². The summed E-state index contributed by atoms with van der Waals surface area (Å²) in [6, 6.07) is 0.545. The van der Waals surface area contributed by atoms with Crippen molar-refractivity contribution in [2.75, 3.05) is 30.9 Å². The van der Waals surface area contributed by atoms with Crippen LogP contribution >= 0.6 is 11.5 Å². The van der Waals surface area contributed by atoms with Crippen molar-refractivity contribution in [2.45, 2.75) is 44.2 Å². The second kappa shape index (κ2) is 5.39. The molecule has 0 bridgehead atoms. The van der Waals surface area contributed by atoms with Crippen molar-refractivity contribution >= 4 is 22.6 Å². The molecule has 4 rings (SSSR count). The van der Waals surface area contributed by atoms with Crippen LogP contribution in [0, 0.1) is 17.8 Å². The van der Waals surface area contributed by atoms with Crippen LogP contribution in [-0.2, 0) is 4.74 Å². The molecule has 1 aromatic heterocycles. The molecular formula is C15H24N4OS. The van der Waals surface area contributed by atoms with E-state index in [1.165, 1.54) is 43.6 Å². The predicted molar refractivity (Wildman–Crippen MR) is 84.9 cm³/mol. The van der Waals surface area contributed by atoms with Gasteiger partial charge in [0.05, 0.1) is 6.10 Å². The van der Waals surface area contributed by atoms with Gasteiger partial charge in [0.15, 0.2) is 0 Å². The average Bonchev–Trinajstić information content (AvgIpc) is 3.17. The lowest BCUT2D eigenvalue weighted by Crippen LogP contribution is -2.59. The van der Waals surface area contributed by atoms with Gasteiger partial charge in [0.1, 0.15) is 0 Å². The number of hydrogen-bond acceptors (Lipinski definition) is 6. The van der Waals surface area contributed by atoms with E-state index in [9.17, 15) is 0 Å². The lowest BCUT2D eigenvalue weighted by Gasteiger charge is -2.50. The summed E-state index contributed by atoms with van der Waals surface area (Å²) in [7, 11) is 3.97. The third-order valence-corrected chi connectivity index (χ3v) is 6.13. The fourth-order valence-electron chi connectivity index (χ4n) is 4.46. The average molecular weight is 308 g/mol. The van der Waals surface area contributed by atoms with Crippen molar-refractivity contribution in [3.8, 4) is 0 Å². The molecule has 0 amide bonds. The van der Waals surface area contributed by atoms with Crippen molar-refractivity contribution in [1.29, 1.82) is 0 Å². The minimum Gasteiger partial charge on any atom is -0.377 e. The molecule has 3 fully saturated rings. The summed E-state index contributed by atoms with van der Waals surface area (Å²) in [6.07, 6.45) is 7.27. The molecule has 116 valence electrons. The minimum atomic E-state index is 0.506. The van der Waals surface area contributed by atoms with E-state index in [-0.39, 0.29) is 0 Å². The van der Waals surface area contributed by atoms with E-state index in [1.807, 2.05) is 19.0 Å². The molecule has 4 atom stereocenters. The molecule has 0 aromatic carbocycles. The normalized spacial score (nSPS) is 35.5. The van der Waals surface area contributed by atoms with Gasteiger partial charge in [0.25, 0.3) is 0 Å². The van der Waals surface area contributed by atoms with Crippen molar-refractivity contribution in [3.05, 3.63) is 0 Å². The Morgan fingerprint density at radius 2 is 2.05 bits per heavy atom. The predicted octanol–water partition coefficient (Wildman–Crippen LogP) is 2.61. The highest BCUT2D eigenvalue weighted by molar-refractivity contribution is 7.09. The second-order valence-corrected chi connectivity index (χ2v) is 7.63. The molecule has 1 saturated heterocycles. The number of ether oxygens (including phenoxy) is 1. The quantitative estimate of drug-likeness (QED) is 0.926. The van der Waals surface area contributed by atoms with Crippen LogP contribution in [0.15, 0.2) is 0 Å². The van der Waals surface area contributed by atoms with Crippen LogP contribution in [-0.4, -0.2) is 42.2 Å². The first-order chi connectivity index (χ1) is 10.2. The van der Waals surface area contributed by atoms with E-state index in [1.54, 1.807) is 0 Å². The molecule has 1 aliphatic heterocycles. The first-order valence-corrected chi connectivity index (χ1v) is 8.90. The number of nitrogens with one attached hydrogen (secondary N) is 1. The summed E-state index contributed by atoms with van der Waals surface area (Å²) < 4.78 is 10.4. The molecule has 3 aliphatic rings. The van der Waals surface area contributed by atoms with Gasteiger partial charge in [-0.2, -0.15) is 9.36 Å². The van der Waals surface area contributed by atoms with Gasteiger partial charge < -0.3 is 15.0 Å². The Labute approximate surface area is 130 Å². The first-order valence-electron chi connectivity index (χ1n) is 8.13. The van der Waals surface area contributed by atoms with E-state index >= 15 is 0 Å². The highest BCUT2D eigenvalue weighted by atomic mass is 32.1. The smallest absolute Gasteiger partial charge is 0.238 e. The number of anilines is 2. The van der Waals surface area contributed by atoms with E-state index in [0.717, 1.165) is 23.6 Å². The summed E-state index contributed by atoms with van der Waals surface area (Å²) in [5.41, 5.74) is 0. The Morgan fingerprint density at radius 1 is 1.24 bits per heavy atom. The number of rotatable bonds is 4. The van der Waals surface area contributed by atoms with Gasteiger partial charge in [-0.1, -0.05) is 25.7 Å². The molecule has 1 N–H and O–H groups in total. The molecule has 0 unspecified atom stereocenters. The van der Waals surface area contributed by atoms with E-state index < -0.39 is 0 Å². The van der Waals surface area contributed by atoms with Gasteiger partial charge in [-0.05, 0) is 12.3 Å². The van der Waals surface area contributed by atoms with Crippen LogP contribution in [0.2, 0.25) is 0 Å². The lowest BCUT2D eigenvalue weighted by molar-refractivity contribution is -0.0628. The van der Waals surface area contributed by atoms with Crippen molar-refractivity contribution < 1.29 is 4.74 Å². The van der Waals surface area contributed by atoms with E-state index in [0.29, 0.717) is 24.0 Å². The Morgan fingerprint density at radius 3 is 2.76 bits per heavy atom. The molecule has 2 saturated carbocycles. The molecular weight excluding hydrogens is 284 g/mol. The second-order valence-electron chi connectivity index (χ2n) is 6.87. The third kappa shape index (κ3) is 2.32. The zero-order chi connectivity index (χ0) is 14.4. The molecule has 5 nitrogen and oxygen atoms in total. The zero-order valence-electron chi connectivity index (χ0n) is 12.8. The van der Waals surface area contributed by atoms with Crippen molar-refractivity contribution in [2.24, 2.45) is 17.8 Å². The standard InChI is InChI=1S/C15H24N4OS/c1-19(2)14-17-15(21-18-14)16-12-10-7-8-20-13(10)11(12)9-5-3-4-6-9/h9-13H,3-8H2,1-2H3,(H,16,17,18)/t10-,11+,12-,13-/m0/s1. The maximum atomic E-state index is 6.01. The topological polar surface area (TPSA) is 50.3 Å². The summed E-state index contributed by atoms with van der Waals surface area (Å²) in [6.45, 7) is 0.940. The summed E-state index contributed by atoms with van der Waals surface area (Å²) >= 11 is 1.48. The lowest BCUT2D eigenvalue weighted by atomic mass is 9.61. The van der Waals surface area contributed by atoms with Gasteiger partial charge >= 0.3 is 0 Å². The zero-order valence-corrected chi connectivity index (χ0v) is 13.6. The number of hydrogen-bond donors (Lipinski definition) is 1. The maximum Gasteiger partial charge on any atom is 0.238 e. The molecule has 2 aliphatic carbocycles. The minimum absolute atomic E-state index is 0.506. The molecule has 0 radical (unpaired) electrons. The molecule has 0 spiro atoms. The van der Waals surface area contributed by atoms with Crippen LogP contribution in [0.3, 0.4) is 0 Å². The Balaban J connectivity index is 1.49. The third-order valence-electron chi connectivity index (χ3n) is 5.49. The fraction of sp³-hybridized carbons (Fsp3) is 0.867. The van der Waals surface area contributed by atoms with E-state index in [4.69, 9.17) is 4.74 Å².